The summed E-state index contributed by atoms with van der Waals surface area (Å²) in [4.78, 5) is 72.6. The third-order valence-corrected chi connectivity index (χ3v) is 7.53. The second kappa shape index (κ2) is 12.0. The fourth-order valence-corrected chi connectivity index (χ4v) is 5.08. The summed E-state index contributed by atoms with van der Waals surface area (Å²) in [6, 6.07) is 4.30. The third-order valence-electron chi connectivity index (χ3n) is 7.53. The van der Waals surface area contributed by atoms with Crippen LogP contribution in [0.3, 0.4) is 0 Å². The molecule has 14 nitrogen and oxygen atoms in total. The van der Waals surface area contributed by atoms with Gasteiger partial charge in [-0.05, 0) is 37.3 Å². The Labute approximate surface area is 242 Å². The fraction of sp³-hybridized carbons (Fsp3) is 0.429. The van der Waals surface area contributed by atoms with Gasteiger partial charge in [0.1, 0.15) is 18.5 Å². The fourth-order valence-electron chi connectivity index (χ4n) is 5.08. The Balaban J connectivity index is 1.31. The minimum Gasteiger partial charge on any atom is -0.377 e. The van der Waals surface area contributed by atoms with Crippen molar-refractivity contribution in [1.82, 2.24) is 29.4 Å². The summed E-state index contributed by atoms with van der Waals surface area (Å²) in [7, 11) is 4.27. The lowest BCUT2D eigenvalue weighted by Gasteiger charge is -2.22. The minimum atomic E-state index is -0.923. The quantitative estimate of drug-likeness (QED) is 0.312. The molecule has 1 N–H and O–H groups in total. The standard InChI is InChI=1S/C28H33N9O5/c1-17(37-15-31-25(35(3)16-38)24(37)27(41)34(2)13-21(39)14-42-4)26(40)33-23-7-5-6-22(32-23)20-9-29-28(30-10-20)36-11-18-8-19(18)12-36/h5-7,9-10,15-19H,8,11-14H2,1-4H3,(H,32,33,40). The first-order valence-corrected chi connectivity index (χ1v) is 13.6. The van der Waals surface area contributed by atoms with E-state index in [4.69, 9.17) is 4.74 Å². The lowest BCUT2D eigenvalue weighted by Crippen LogP contribution is -2.37. The number of methoxy groups -OCH3 is 1. The monoisotopic (exact) mass is 575 g/mol. The number of carbonyl (C=O) groups is 4. The largest absolute Gasteiger partial charge is 0.377 e. The molecule has 3 atom stereocenters. The van der Waals surface area contributed by atoms with Gasteiger partial charge in [0.2, 0.25) is 18.3 Å². The molecule has 2 aliphatic rings. The van der Waals surface area contributed by atoms with Gasteiger partial charge in [-0.2, -0.15) is 0 Å². The van der Waals surface area contributed by atoms with E-state index in [9.17, 15) is 19.2 Å². The molecule has 3 aromatic heterocycles. The molecule has 5 rings (SSSR count). The number of fused-ring (bicyclic) bond motifs is 1. The van der Waals surface area contributed by atoms with Crippen molar-refractivity contribution in [2.75, 3.05) is 62.6 Å². The second-order valence-electron chi connectivity index (χ2n) is 10.7. The summed E-state index contributed by atoms with van der Waals surface area (Å²) < 4.78 is 6.21. The number of nitrogens with one attached hydrogen (secondary N) is 1. The molecule has 220 valence electrons. The average molecular weight is 576 g/mol. The first kappa shape index (κ1) is 28.8. The van der Waals surface area contributed by atoms with E-state index < -0.39 is 17.9 Å². The van der Waals surface area contributed by atoms with E-state index in [1.165, 1.54) is 43.4 Å². The first-order valence-electron chi connectivity index (χ1n) is 13.6. The highest BCUT2D eigenvalue weighted by molar-refractivity contribution is 6.02. The Bertz CT molecular complexity index is 1480. The van der Waals surface area contributed by atoms with Crippen molar-refractivity contribution in [3.05, 3.63) is 42.6 Å². The molecule has 0 bridgehead atoms. The first-order chi connectivity index (χ1) is 20.2. The minimum absolute atomic E-state index is 0.0192. The molecule has 1 saturated carbocycles. The van der Waals surface area contributed by atoms with Gasteiger partial charge in [-0.3, -0.25) is 19.2 Å². The molecule has 1 saturated heterocycles. The van der Waals surface area contributed by atoms with Crippen LogP contribution in [0.4, 0.5) is 17.6 Å². The highest BCUT2D eigenvalue weighted by Gasteiger charge is 2.45. The van der Waals surface area contributed by atoms with E-state index in [2.05, 4.69) is 30.2 Å². The summed E-state index contributed by atoms with van der Waals surface area (Å²) in [6.07, 6.45) is 6.57. The molecule has 0 radical (unpaired) electrons. The van der Waals surface area contributed by atoms with E-state index >= 15 is 0 Å². The molecular formula is C28H33N9O5. The van der Waals surface area contributed by atoms with Crippen LogP contribution in [0.25, 0.3) is 11.3 Å². The van der Waals surface area contributed by atoms with Crippen molar-refractivity contribution in [1.29, 1.82) is 0 Å². The van der Waals surface area contributed by atoms with Crippen LogP contribution in [0.15, 0.2) is 36.9 Å². The zero-order valence-electron chi connectivity index (χ0n) is 23.9. The highest BCUT2D eigenvalue weighted by atomic mass is 16.5. The Morgan fingerprint density at radius 2 is 1.86 bits per heavy atom. The normalized spacial score (nSPS) is 17.8. The van der Waals surface area contributed by atoms with Gasteiger partial charge in [-0.15, -0.1) is 0 Å². The number of Topliss-reactive ketones (excluding diaryl/α,β-unsaturated/α-hetero) is 1. The Morgan fingerprint density at radius 3 is 2.52 bits per heavy atom. The number of likely N-dealkylation sites (N-methyl/N-ethyl adjacent to an activating group) is 1. The number of ketones is 1. The lowest BCUT2D eigenvalue weighted by molar-refractivity contribution is -0.123. The topological polar surface area (TPSA) is 156 Å². The number of aromatic nitrogens is 5. The number of anilines is 3. The molecule has 0 spiro atoms. The van der Waals surface area contributed by atoms with Crippen molar-refractivity contribution in [2.45, 2.75) is 19.4 Å². The number of carbonyl (C=O) groups excluding carboxylic acids is 4. The van der Waals surface area contributed by atoms with Crippen LogP contribution < -0.4 is 15.1 Å². The molecule has 1 aliphatic heterocycles. The Morgan fingerprint density at radius 1 is 1.14 bits per heavy atom. The molecule has 14 heteroatoms. The van der Waals surface area contributed by atoms with Crippen LogP contribution in [0.1, 0.15) is 29.9 Å². The predicted molar refractivity (Wildman–Crippen MR) is 153 cm³/mol. The van der Waals surface area contributed by atoms with E-state index in [-0.39, 0.29) is 30.4 Å². The Hall–Kier alpha value is -4.72. The van der Waals surface area contributed by atoms with Crippen LogP contribution in [0.5, 0.6) is 0 Å². The molecule has 3 aromatic rings. The third kappa shape index (κ3) is 5.98. The predicted octanol–water partition coefficient (Wildman–Crippen LogP) is 1.27. The van der Waals surface area contributed by atoms with Crippen molar-refractivity contribution >= 4 is 41.6 Å². The number of amides is 3. The number of rotatable bonds is 12. The number of pyridine rings is 1. The van der Waals surface area contributed by atoms with E-state index in [1.807, 2.05) is 0 Å². The molecule has 1 aliphatic carbocycles. The molecular weight excluding hydrogens is 542 g/mol. The number of nitrogens with zero attached hydrogens (tertiary/aromatic N) is 8. The van der Waals surface area contributed by atoms with Crippen LogP contribution in [0.2, 0.25) is 0 Å². The summed E-state index contributed by atoms with van der Waals surface area (Å²) in [5.41, 5.74) is 1.28. The van der Waals surface area contributed by atoms with Gasteiger partial charge >= 0.3 is 0 Å². The van der Waals surface area contributed by atoms with Gasteiger partial charge in [0.25, 0.3) is 5.91 Å². The van der Waals surface area contributed by atoms with Crippen LogP contribution >= 0.6 is 0 Å². The van der Waals surface area contributed by atoms with Crippen molar-refractivity contribution in [2.24, 2.45) is 11.8 Å². The summed E-state index contributed by atoms with van der Waals surface area (Å²) in [6.45, 7) is 3.22. The van der Waals surface area contributed by atoms with Crippen molar-refractivity contribution in [3.8, 4) is 11.3 Å². The molecule has 3 unspecified atom stereocenters. The summed E-state index contributed by atoms with van der Waals surface area (Å²) >= 11 is 0. The number of imidazole rings is 1. The number of hydrogen-bond donors (Lipinski definition) is 1. The summed E-state index contributed by atoms with van der Waals surface area (Å²) in [5, 5.41) is 2.79. The lowest BCUT2D eigenvalue weighted by atomic mass is 10.2. The molecule has 3 amide bonds. The maximum absolute atomic E-state index is 13.4. The van der Waals surface area contributed by atoms with Gasteiger partial charge in [-0.1, -0.05) is 6.07 Å². The number of piperidine rings is 1. The van der Waals surface area contributed by atoms with Crippen LogP contribution in [-0.4, -0.2) is 101 Å². The summed E-state index contributed by atoms with van der Waals surface area (Å²) in [5.74, 6) is 1.25. The molecule has 4 heterocycles. The Kier molecular flexibility index (Phi) is 8.24. The number of ether oxygens (including phenoxy) is 1. The van der Waals surface area contributed by atoms with Crippen molar-refractivity contribution < 1.29 is 23.9 Å². The van der Waals surface area contributed by atoms with Gasteiger partial charge in [-0.25, -0.2) is 19.9 Å². The van der Waals surface area contributed by atoms with Gasteiger partial charge in [0.15, 0.2) is 17.3 Å². The number of hydrogen-bond acceptors (Lipinski definition) is 10. The average Bonchev–Trinajstić information content (AvgIpc) is 3.37. The highest BCUT2D eigenvalue weighted by Crippen LogP contribution is 2.45. The van der Waals surface area contributed by atoms with Gasteiger partial charge in [0, 0.05) is 52.3 Å². The smallest absolute Gasteiger partial charge is 0.274 e. The maximum atomic E-state index is 13.4. The zero-order chi connectivity index (χ0) is 30.0. The maximum Gasteiger partial charge on any atom is 0.274 e. The van der Waals surface area contributed by atoms with E-state index in [0.717, 1.165) is 29.8 Å². The zero-order valence-corrected chi connectivity index (χ0v) is 23.9. The van der Waals surface area contributed by atoms with Crippen LogP contribution in [0, 0.1) is 11.8 Å². The van der Waals surface area contributed by atoms with Gasteiger partial charge < -0.3 is 29.3 Å². The van der Waals surface area contributed by atoms with Crippen LogP contribution in [-0.2, 0) is 19.1 Å². The molecule has 42 heavy (non-hydrogen) atoms. The van der Waals surface area contributed by atoms with E-state index in [0.29, 0.717) is 29.4 Å². The molecule has 0 aromatic carbocycles. The van der Waals surface area contributed by atoms with Gasteiger partial charge in [0.05, 0.1) is 18.6 Å². The molecule has 2 fully saturated rings. The SMILES string of the molecule is COCC(=O)CN(C)C(=O)c1c(N(C)C=O)ncn1C(C)C(=O)Nc1cccc(-c2cnc(N3CC4CC4C3)nc2)n1. The van der Waals surface area contributed by atoms with Crippen molar-refractivity contribution in [3.63, 3.8) is 0 Å². The second-order valence-corrected chi connectivity index (χ2v) is 10.7. The van der Waals surface area contributed by atoms with E-state index in [1.54, 1.807) is 37.5 Å².